The fourth-order valence-electron chi connectivity index (χ4n) is 2.84. The van der Waals surface area contributed by atoms with Crippen LogP contribution in [0.25, 0.3) is 22.5 Å². The van der Waals surface area contributed by atoms with Gasteiger partial charge in [0.1, 0.15) is 10.3 Å². The number of thioether (sulfide) groups is 1. The van der Waals surface area contributed by atoms with Gasteiger partial charge in [0, 0.05) is 5.39 Å². The molecule has 0 aliphatic carbocycles. The highest BCUT2D eigenvalue weighted by Crippen LogP contribution is 2.32. The average molecular weight is 371 g/mol. The molecule has 132 valence electrons. The third-order valence-corrected chi connectivity index (χ3v) is 5.34. The Labute approximate surface area is 161 Å². The predicted molar refractivity (Wildman–Crippen MR) is 107 cm³/mol. The molecular weight excluding hydrogens is 354 g/mol. The van der Waals surface area contributed by atoms with E-state index < -0.39 is 0 Å². The lowest BCUT2D eigenvalue weighted by atomic mass is 10.1. The van der Waals surface area contributed by atoms with Crippen LogP contribution >= 0.6 is 11.8 Å². The van der Waals surface area contributed by atoms with Crippen LogP contribution < -0.4 is 0 Å². The maximum atomic E-state index is 9.70. The van der Waals surface area contributed by atoms with E-state index in [2.05, 4.69) is 42.2 Å². The second-order valence-corrected chi connectivity index (χ2v) is 7.46. The Morgan fingerprint density at radius 3 is 2.59 bits per heavy atom. The number of benzene rings is 2. The minimum absolute atomic E-state index is 0.240. The molecule has 4 aromatic rings. The molecule has 4 rings (SSSR count). The topological polar surface area (TPSA) is 62.7 Å². The molecule has 1 atom stereocenters. The third-order valence-electron chi connectivity index (χ3n) is 4.25. The summed E-state index contributed by atoms with van der Waals surface area (Å²) in [5, 5.41) is 11.2. The first-order valence-electron chi connectivity index (χ1n) is 8.65. The van der Waals surface area contributed by atoms with Crippen molar-refractivity contribution in [1.82, 2.24) is 9.97 Å². The smallest absolute Gasteiger partial charge is 0.197 e. The van der Waals surface area contributed by atoms with Gasteiger partial charge in [-0.2, -0.15) is 5.26 Å². The summed E-state index contributed by atoms with van der Waals surface area (Å²) in [7, 11) is 0. The van der Waals surface area contributed by atoms with Gasteiger partial charge in [0.2, 0.25) is 0 Å². The highest BCUT2D eigenvalue weighted by Gasteiger charge is 2.17. The van der Waals surface area contributed by atoms with Gasteiger partial charge in [0.05, 0.1) is 17.8 Å². The molecule has 2 heterocycles. The van der Waals surface area contributed by atoms with Gasteiger partial charge in [-0.1, -0.05) is 59.8 Å². The minimum Gasteiger partial charge on any atom is -0.461 e. The van der Waals surface area contributed by atoms with Gasteiger partial charge in [0.25, 0.3) is 0 Å². The van der Waals surface area contributed by atoms with Crippen molar-refractivity contribution in [3.63, 3.8) is 0 Å². The molecule has 27 heavy (non-hydrogen) atoms. The summed E-state index contributed by atoms with van der Waals surface area (Å²) in [6, 6.07) is 22.2. The fourth-order valence-corrected chi connectivity index (χ4v) is 3.88. The van der Waals surface area contributed by atoms with E-state index in [9.17, 15) is 5.26 Å². The van der Waals surface area contributed by atoms with Crippen molar-refractivity contribution in [1.29, 1.82) is 5.26 Å². The summed E-state index contributed by atoms with van der Waals surface area (Å²) < 4.78 is 5.46. The van der Waals surface area contributed by atoms with Crippen LogP contribution in [0.3, 0.4) is 0 Å². The zero-order valence-corrected chi connectivity index (χ0v) is 15.6. The Morgan fingerprint density at radius 1 is 1.04 bits per heavy atom. The van der Waals surface area contributed by atoms with Crippen LogP contribution in [0.15, 0.2) is 76.4 Å². The molecule has 0 radical (unpaired) electrons. The molecule has 0 N–H and O–H groups in total. The van der Waals surface area contributed by atoms with Crippen molar-refractivity contribution in [3.8, 4) is 17.7 Å². The van der Waals surface area contributed by atoms with E-state index in [0.29, 0.717) is 18.0 Å². The van der Waals surface area contributed by atoms with Gasteiger partial charge in [-0.05, 0) is 37.1 Å². The molecular formula is C22H17N3OS. The fraction of sp³-hybridized carbons (Fsp3) is 0.136. The predicted octanol–water partition coefficient (Wildman–Crippen LogP) is 5.43. The first kappa shape index (κ1) is 17.3. The number of nitrogens with zero attached hydrogens (tertiary/aromatic N) is 3. The molecule has 0 bridgehead atoms. The van der Waals surface area contributed by atoms with Crippen LogP contribution in [0, 0.1) is 18.3 Å². The zero-order chi connectivity index (χ0) is 18.6. The Balaban J connectivity index is 1.69. The van der Waals surface area contributed by atoms with E-state index in [1.54, 1.807) is 6.26 Å². The SMILES string of the molecule is Cc1ccc(CC(C#N)Sc2nc(-c3ccco3)nc3ccccc23)cc1. The van der Waals surface area contributed by atoms with Crippen molar-refractivity contribution in [3.05, 3.63) is 78.1 Å². The molecule has 2 aromatic carbocycles. The lowest BCUT2D eigenvalue weighted by Gasteiger charge is -2.11. The molecule has 0 amide bonds. The van der Waals surface area contributed by atoms with Gasteiger partial charge in [-0.3, -0.25) is 0 Å². The van der Waals surface area contributed by atoms with Crippen molar-refractivity contribution >= 4 is 22.7 Å². The Hall–Kier alpha value is -3.10. The summed E-state index contributed by atoms with van der Waals surface area (Å²) in [4.78, 5) is 9.30. The van der Waals surface area contributed by atoms with E-state index in [0.717, 1.165) is 21.5 Å². The summed E-state index contributed by atoms with van der Waals surface area (Å²) in [6.45, 7) is 2.06. The monoisotopic (exact) mass is 371 g/mol. The number of hydrogen-bond acceptors (Lipinski definition) is 5. The minimum atomic E-state index is -0.240. The first-order chi connectivity index (χ1) is 13.2. The number of fused-ring (bicyclic) bond motifs is 1. The normalized spacial score (nSPS) is 12.0. The number of para-hydroxylation sites is 1. The van der Waals surface area contributed by atoms with Crippen LogP contribution in [0.2, 0.25) is 0 Å². The van der Waals surface area contributed by atoms with Gasteiger partial charge in [-0.15, -0.1) is 0 Å². The van der Waals surface area contributed by atoms with Crippen LogP contribution in [0.4, 0.5) is 0 Å². The Bertz CT molecular complexity index is 1100. The summed E-state index contributed by atoms with van der Waals surface area (Å²) in [6.07, 6.45) is 2.27. The molecule has 2 aromatic heterocycles. The summed E-state index contributed by atoms with van der Waals surface area (Å²) in [5.41, 5.74) is 3.20. The Kier molecular flexibility index (Phi) is 4.91. The highest BCUT2D eigenvalue weighted by molar-refractivity contribution is 8.00. The summed E-state index contributed by atoms with van der Waals surface area (Å²) in [5.74, 6) is 1.16. The molecule has 0 aliphatic rings. The molecule has 0 fully saturated rings. The zero-order valence-electron chi connectivity index (χ0n) is 14.8. The number of furan rings is 1. The second-order valence-electron chi connectivity index (χ2n) is 6.27. The molecule has 0 saturated carbocycles. The molecule has 5 heteroatoms. The molecule has 0 saturated heterocycles. The number of aromatic nitrogens is 2. The molecule has 4 nitrogen and oxygen atoms in total. The van der Waals surface area contributed by atoms with Crippen LogP contribution in [-0.4, -0.2) is 15.2 Å². The van der Waals surface area contributed by atoms with Crippen molar-refractivity contribution in [2.45, 2.75) is 23.6 Å². The van der Waals surface area contributed by atoms with Gasteiger partial charge >= 0.3 is 0 Å². The molecule has 0 spiro atoms. The van der Waals surface area contributed by atoms with E-state index in [1.165, 1.54) is 17.3 Å². The summed E-state index contributed by atoms with van der Waals surface area (Å²) >= 11 is 1.47. The Morgan fingerprint density at radius 2 is 1.85 bits per heavy atom. The van der Waals surface area contributed by atoms with Gasteiger partial charge in [-0.25, -0.2) is 9.97 Å². The van der Waals surface area contributed by atoms with E-state index in [4.69, 9.17) is 9.40 Å². The van der Waals surface area contributed by atoms with Crippen LogP contribution in [0.5, 0.6) is 0 Å². The van der Waals surface area contributed by atoms with Crippen molar-refractivity contribution < 1.29 is 4.42 Å². The number of aryl methyl sites for hydroxylation is 1. The lowest BCUT2D eigenvalue weighted by Crippen LogP contribution is -2.05. The van der Waals surface area contributed by atoms with E-state index >= 15 is 0 Å². The number of rotatable bonds is 5. The number of hydrogen-bond donors (Lipinski definition) is 0. The second kappa shape index (κ2) is 7.65. The maximum absolute atomic E-state index is 9.70. The lowest BCUT2D eigenvalue weighted by molar-refractivity contribution is 0.577. The van der Waals surface area contributed by atoms with Gasteiger partial charge in [0.15, 0.2) is 11.6 Å². The van der Waals surface area contributed by atoms with Crippen molar-refractivity contribution in [2.24, 2.45) is 0 Å². The highest BCUT2D eigenvalue weighted by atomic mass is 32.2. The third kappa shape index (κ3) is 3.86. The standard InChI is InChI=1S/C22H17N3OS/c1-15-8-10-16(11-9-15)13-17(14-23)27-22-18-5-2-3-6-19(18)24-21(25-22)20-7-4-12-26-20/h2-12,17H,13H2,1H3. The van der Waals surface area contributed by atoms with E-state index in [1.807, 2.05) is 36.4 Å². The maximum Gasteiger partial charge on any atom is 0.197 e. The van der Waals surface area contributed by atoms with Crippen molar-refractivity contribution in [2.75, 3.05) is 0 Å². The van der Waals surface area contributed by atoms with Crippen LogP contribution in [0.1, 0.15) is 11.1 Å². The average Bonchev–Trinajstić information content (AvgIpc) is 3.24. The first-order valence-corrected chi connectivity index (χ1v) is 9.53. The quantitative estimate of drug-likeness (QED) is 0.346. The van der Waals surface area contributed by atoms with E-state index in [-0.39, 0.29) is 5.25 Å². The van der Waals surface area contributed by atoms with Gasteiger partial charge < -0.3 is 4.42 Å². The largest absolute Gasteiger partial charge is 0.461 e. The number of nitriles is 1. The molecule has 0 aliphatic heterocycles. The molecule has 1 unspecified atom stereocenters. The van der Waals surface area contributed by atoms with Crippen LogP contribution in [-0.2, 0) is 6.42 Å².